The molecule has 2 aromatic rings. The molecule has 26 heavy (non-hydrogen) atoms. The number of thiocarbonyl (C=S) groups is 1. The van der Waals surface area contributed by atoms with Gasteiger partial charge < -0.3 is 10.1 Å². The number of ether oxygens (including phenoxy) is 1. The van der Waals surface area contributed by atoms with E-state index >= 15 is 0 Å². The van der Waals surface area contributed by atoms with Crippen LogP contribution in [0.1, 0.15) is 18.1 Å². The number of aryl methyl sites for hydroxylation is 1. The van der Waals surface area contributed by atoms with Gasteiger partial charge in [0.1, 0.15) is 11.4 Å². The highest BCUT2D eigenvalue weighted by Crippen LogP contribution is 2.24. The first-order chi connectivity index (χ1) is 12.5. The van der Waals surface area contributed by atoms with Crippen molar-refractivity contribution in [1.82, 2.24) is 5.32 Å². The minimum absolute atomic E-state index is 0.0568. The van der Waals surface area contributed by atoms with Gasteiger partial charge in [0, 0.05) is 0 Å². The summed E-state index contributed by atoms with van der Waals surface area (Å²) in [6, 6.07) is 13.6. The summed E-state index contributed by atoms with van der Waals surface area (Å²) in [5.74, 6) is -0.211. The molecule has 1 N–H and O–H groups in total. The number of amides is 1. The van der Waals surface area contributed by atoms with Crippen LogP contribution in [0.2, 0.25) is 0 Å². The lowest BCUT2D eigenvalue weighted by Gasteiger charge is -2.14. The van der Waals surface area contributed by atoms with Crippen LogP contribution in [0.3, 0.4) is 0 Å². The van der Waals surface area contributed by atoms with Crippen LogP contribution in [0.15, 0.2) is 54.2 Å². The van der Waals surface area contributed by atoms with E-state index in [0.717, 1.165) is 12.0 Å². The van der Waals surface area contributed by atoms with Crippen molar-refractivity contribution in [3.63, 3.8) is 0 Å². The summed E-state index contributed by atoms with van der Waals surface area (Å²) in [5, 5.41) is 3.20. The van der Waals surface area contributed by atoms with Crippen LogP contribution in [-0.2, 0) is 11.2 Å². The van der Waals surface area contributed by atoms with E-state index in [1.807, 2.05) is 31.2 Å². The molecule has 0 spiro atoms. The molecular formula is C19H16F2N2O2S. The maximum absolute atomic E-state index is 12.7. The number of alkyl halides is 2. The first-order valence-electron chi connectivity index (χ1n) is 7.99. The van der Waals surface area contributed by atoms with Gasteiger partial charge >= 0.3 is 6.61 Å². The molecule has 0 aromatic heterocycles. The number of rotatable bonds is 5. The zero-order valence-electron chi connectivity index (χ0n) is 13.9. The predicted octanol–water partition coefficient (Wildman–Crippen LogP) is 4.11. The minimum Gasteiger partial charge on any atom is -0.435 e. The molecule has 1 aliphatic rings. The fraction of sp³-hybridized carbons (Fsp3) is 0.158. The van der Waals surface area contributed by atoms with Gasteiger partial charge in [0.05, 0.1) is 5.69 Å². The van der Waals surface area contributed by atoms with Crippen LogP contribution in [0.5, 0.6) is 5.75 Å². The van der Waals surface area contributed by atoms with E-state index in [1.165, 1.54) is 17.0 Å². The molecular weight excluding hydrogens is 358 g/mol. The van der Waals surface area contributed by atoms with E-state index in [4.69, 9.17) is 12.2 Å². The molecule has 134 valence electrons. The van der Waals surface area contributed by atoms with Gasteiger partial charge in [-0.15, -0.1) is 0 Å². The Morgan fingerprint density at radius 2 is 1.96 bits per heavy atom. The van der Waals surface area contributed by atoms with Crippen molar-refractivity contribution >= 4 is 35.0 Å². The van der Waals surface area contributed by atoms with E-state index in [1.54, 1.807) is 18.2 Å². The van der Waals surface area contributed by atoms with Crippen LogP contribution in [0, 0.1) is 0 Å². The van der Waals surface area contributed by atoms with Crippen molar-refractivity contribution in [1.29, 1.82) is 0 Å². The molecule has 0 bridgehead atoms. The van der Waals surface area contributed by atoms with E-state index in [0.29, 0.717) is 22.1 Å². The van der Waals surface area contributed by atoms with Gasteiger partial charge in [0.15, 0.2) is 5.11 Å². The lowest BCUT2D eigenvalue weighted by atomic mass is 10.1. The first kappa shape index (κ1) is 18.0. The summed E-state index contributed by atoms with van der Waals surface area (Å²) in [7, 11) is 0. The standard InChI is InChI=1S/C19H16F2N2O2S/c1-2-12-4-3-5-14(10-12)23-17(24)16(22-19(23)26)11-13-6-8-15(9-7-13)25-18(20)21/h3-11,18H,2H2,1H3,(H,22,26)/b16-11+. The third-order valence-electron chi connectivity index (χ3n) is 3.87. The van der Waals surface area contributed by atoms with E-state index in [2.05, 4.69) is 10.1 Å². The van der Waals surface area contributed by atoms with Gasteiger partial charge in [-0.3, -0.25) is 9.69 Å². The summed E-state index contributed by atoms with van der Waals surface area (Å²) in [6.45, 7) is -0.837. The molecule has 0 unspecified atom stereocenters. The molecule has 1 heterocycles. The summed E-state index contributed by atoms with van der Waals surface area (Å²) in [6.07, 6.45) is 2.47. The summed E-state index contributed by atoms with van der Waals surface area (Å²) >= 11 is 5.29. The second kappa shape index (κ2) is 7.61. The van der Waals surface area contributed by atoms with Crippen LogP contribution in [-0.4, -0.2) is 17.6 Å². The zero-order chi connectivity index (χ0) is 18.7. The number of hydrogen-bond donors (Lipinski definition) is 1. The van der Waals surface area contributed by atoms with Gasteiger partial charge in [-0.2, -0.15) is 8.78 Å². The Kier molecular flexibility index (Phi) is 5.27. The number of nitrogens with one attached hydrogen (secondary N) is 1. The Labute approximate surface area is 155 Å². The number of nitrogens with zero attached hydrogens (tertiary/aromatic N) is 1. The fourth-order valence-electron chi connectivity index (χ4n) is 2.60. The molecule has 1 fully saturated rings. The number of carbonyl (C=O) groups is 1. The Morgan fingerprint density at radius 1 is 1.23 bits per heavy atom. The molecule has 4 nitrogen and oxygen atoms in total. The molecule has 3 rings (SSSR count). The zero-order valence-corrected chi connectivity index (χ0v) is 14.7. The first-order valence-corrected chi connectivity index (χ1v) is 8.39. The lowest BCUT2D eigenvalue weighted by molar-refractivity contribution is -0.113. The average molecular weight is 374 g/mol. The predicted molar refractivity (Wildman–Crippen MR) is 100 cm³/mol. The highest BCUT2D eigenvalue weighted by atomic mass is 32.1. The second-order valence-electron chi connectivity index (χ2n) is 5.60. The Morgan fingerprint density at radius 3 is 2.62 bits per heavy atom. The third kappa shape index (κ3) is 3.88. The topological polar surface area (TPSA) is 41.6 Å². The molecule has 2 aromatic carbocycles. The Balaban J connectivity index is 1.82. The van der Waals surface area contributed by atoms with Crippen molar-refractivity contribution < 1.29 is 18.3 Å². The quantitative estimate of drug-likeness (QED) is 0.632. The lowest BCUT2D eigenvalue weighted by Crippen LogP contribution is -2.30. The largest absolute Gasteiger partial charge is 0.435 e. The normalized spacial score (nSPS) is 15.7. The van der Waals surface area contributed by atoms with Gasteiger partial charge in [-0.05, 0) is 60.1 Å². The number of benzene rings is 2. The van der Waals surface area contributed by atoms with Crippen molar-refractivity contribution in [3.8, 4) is 5.75 Å². The maximum atomic E-state index is 12.7. The van der Waals surface area contributed by atoms with Crippen molar-refractivity contribution in [2.75, 3.05) is 4.90 Å². The molecule has 0 aliphatic carbocycles. The SMILES string of the molecule is CCc1cccc(N2C(=O)/C(=C\c3ccc(OC(F)F)cc3)NC2=S)c1. The highest BCUT2D eigenvalue weighted by Gasteiger charge is 2.31. The van der Waals surface area contributed by atoms with Gasteiger partial charge in [0.2, 0.25) is 0 Å². The number of halogens is 2. The van der Waals surface area contributed by atoms with Gasteiger partial charge in [-0.1, -0.05) is 31.2 Å². The van der Waals surface area contributed by atoms with E-state index in [9.17, 15) is 13.6 Å². The van der Waals surface area contributed by atoms with Crippen molar-refractivity contribution in [2.24, 2.45) is 0 Å². The summed E-state index contributed by atoms with van der Waals surface area (Å²) in [4.78, 5) is 14.2. The Hall–Kier alpha value is -2.80. The number of anilines is 1. The Bertz CT molecular complexity index is 866. The molecule has 1 saturated heterocycles. The summed E-state index contributed by atoms with van der Waals surface area (Å²) in [5.41, 5.74) is 2.79. The third-order valence-corrected chi connectivity index (χ3v) is 4.16. The van der Waals surface area contributed by atoms with E-state index in [-0.39, 0.29) is 11.7 Å². The number of carbonyl (C=O) groups excluding carboxylic acids is 1. The monoisotopic (exact) mass is 374 g/mol. The smallest absolute Gasteiger partial charge is 0.387 e. The number of hydrogen-bond acceptors (Lipinski definition) is 3. The average Bonchev–Trinajstić information content (AvgIpc) is 2.90. The minimum atomic E-state index is -2.87. The molecule has 0 saturated carbocycles. The second-order valence-corrected chi connectivity index (χ2v) is 5.99. The van der Waals surface area contributed by atoms with Crippen LogP contribution in [0.25, 0.3) is 6.08 Å². The van der Waals surface area contributed by atoms with Crippen LogP contribution < -0.4 is 15.0 Å². The van der Waals surface area contributed by atoms with E-state index < -0.39 is 6.61 Å². The maximum Gasteiger partial charge on any atom is 0.387 e. The molecule has 1 amide bonds. The van der Waals surface area contributed by atoms with Crippen molar-refractivity contribution in [2.45, 2.75) is 20.0 Å². The molecule has 1 aliphatic heterocycles. The fourth-order valence-corrected chi connectivity index (χ4v) is 2.90. The highest BCUT2D eigenvalue weighted by molar-refractivity contribution is 7.80. The molecule has 0 radical (unpaired) electrons. The van der Waals surface area contributed by atoms with Crippen LogP contribution >= 0.6 is 12.2 Å². The van der Waals surface area contributed by atoms with Gasteiger partial charge in [0.25, 0.3) is 5.91 Å². The van der Waals surface area contributed by atoms with Gasteiger partial charge in [-0.25, -0.2) is 0 Å². The summed E-state index contributed by atoms with van der Waals surface area (Å²) < 4.78 is 28.7. The van der Waals surface area contributed by atoms with Crippen LogP contribution in [0.4, 0.5) is 14.5 Å². The molecule has 7 heteroatoms. The molecule has 0 atom stereocenters. The van der Waals surface area contributed by atoms with Crippen molar-refractivity contribution in [3.05, 3.63) is 65.4 Å².